The Balaban J connectivity index is 3.53. The first kappa shape index (κ1) is 11.8. The van der Waals surface area contributed by atoms with Gasteiger partial charge in [-0.25, -0.2) is 13.2 Å². The summed E-state index contributed by atoms with van der Waals surface area (Å²) in [5, 5.41) is 8.45. The Morgan fingerprint density at radius 3 is 2.00 bits per heavy atom. The van der Waals surface area contributed by atoms with Crippen LogP contribution in [0.1, 0.15) is 11.1 Å². The maximum Gasteiger partial charge on any atom is 0.416 e. The van der Waals surface area contributed by atoms with E-state index in [0.717, 1.165) is 0 Å². The zero-order valence-corrected chi connectivity index (χ0v) is 7.00. The van der Waals surface area contributed by atoms with E-state index in [1.807, 2.05) is 0 Å². The lowest BCUT2D eigenvalue weighted by Crippen LogP contribution is -2.13. The minimum absolute atomic E-state index is 0.191. The smallest absolute Gasteiger partial charge is 0.392 e. The fraction of sp³-hybridized carbons (Fsp3) is 0.250. The highest BCUT2D eigenvalue weighted by Gasteiger charge is 2.36. The predicted molar refractivity (Wildman–Crippen MR) is 37.2 cm³/mol. The molecule has 0 fully saturated rings. The van der Waals surface area contributed by atoms with Gasteiger partial charge in [0, 0.05) is 5.56 Å². The van der Waals surface area contributed by atoms with Gasteiger partial charge in [0.25, 0.3) is 0 Å². The Labute approximate surface area is 79.9 Å². The van der Waals surface area contributed by atoms with E-state index in [2.05, 4.69) is 0 Å². The molecule has 0 amide bonds. The van der Waals surface area contributed by atoms with Crippen molar-refractivity contribution in [1.29, 1.82) is 0 Å². The molecule has 0 unspecified atom stereocenters. The molecule has 0 spiro atoms. The molecular weight excluding hydrogens is 226 g/mol. The van der Waals surface area contributed by atoms with Crippen LogP contribution in [0.25, 0.3) is 0 Å². The molecule has 15 heavy (non-hydrogen) atoms. The van der Waals surface area contributed by atoms with Crippen LogP contribution in [0, 0.1) is 17.5 Å². The molecule has 0 aliphatic carbocycles. The van der Waals surface area contributed by atoms with E-state index in [9.17, 15) is 26.3 Å². The number of benzene rings is 1. The van der Waals surface area contributed by atoms with E-state index in [0.29, 0.717) is 0 Å². The highest BCUT2D eigenvalue weighted by Crippen LogP contribution is 2.34. The number of hydrogen-bond acceptors (Lipinski definition) is 1. The Hall–Kier alpha value is -1.24. The molecule has 84 valence electrons. The maximum absolute atomic E-state index is 12.8. The lowest BCUT2D eigenvalue weighted by molar-refractivity contribution is -0.139. The van der Waals surface area contributed by atoms with Gasteiger partial charge in [0.2, 0.25) is 0 Å². The molecule has 0 radical (unpaired) electrons. The van der Waals surface area contributed by atoms with Crippen LogP contribution in [-0.4, -0.2) is 5.11 Å². The van der Waals surface area contributed by atoms with Gasteiger partial charge in [-0.2, -0.15) is 13.2 Å². The SMILES string of the molecule is OCc1c(C(F)(F)F)cc(F)c(F)c1F. The third kappa shape index (κ3) is 2.06. The lowest BCUT2D eigenvalue weighted by atomic mass is 10.1. The fourth-order valence-corrected chi connectivity index (χ4v) is 1.04. The molecule has 1 nitrogen and oxygen atoms in total. The van der Waals surface area contributed by atoms with Crippen LogP contribution in [0.5, 0.6) is 0 Å². The van der Waals surface area contributed by atoms with Crippen molar-refractivity contribution >= 4 is 0 Å². The number of hydrogen-bond donors (Lipinski definition) is 1. The third-order valence-electron chi connectivity index (χ3n) is 1.73. The second-order valence-electron chi connectivity index (χ2n) is 2.67. The molecule has 0 bridgehead atoms. The van der Waals surface area contributed by atoms with E-state index in [1.54, 1.807) is 0 Å². The van der Waals surface area contributed by atoms with E-state index in [-0.39, 0.29) is 6.07 Å². The minimum Gasteiger partial charge on any atom is -0.392 e. The second kappa shape index (κ2) is 3.73. The van der Waals surface area contributed by atoms with Gasteiger partial charge < -0.3 is 5.11 Å². The Morgan fingerprint density at radius 1 is 1.07 bits per heavy atom. The fourth-order valence-electron chi connectivity index (χ4n) is 1.04. The van der Waals surface area contributed by atoms with Crippen LogP contribution in [0.15, 0.2) is 6.07 Å². The van der Waals surface area contributed by atoms with E-state index in [4.69, 9.17) is 5.11 Å². The third-order valence-corrected chi connectivity index (χ3v) is 1.73. The van der Waals surface area contributed by atoms with Crippen LogP contribution in [-0.2, 0) is 12.8 Å². The van der Waals surface area contributed by atoms with Crippen molar-refractivity contribution in [2.24, 2.45) is 0 Å². The largest absolute Gasteiger partial charge is 0.416 e. The normalized spacial score (nSPS) is 11.9. The first-order chi connectivity index (χ1) is 6.79. The Kier molecular flexibility index (Phi) is 2.94. The molecule has 0 atom stereocenters. The van der Waals surface area contributed by atoms with Gasteiger partial charge in [0.05, 0.1) is 12.2 Å². The zero-order chi connectivity index (χ0) is 11.8. The van der Waals surface area contributed by atoms with Gasteiger partial charge in [-0.15, -0.1) is 0 Å². The molecule has 0 aliphatic heterocycles. The van der Waals surface area contributed by atoms with Crippen molar-refractivity contribution in [3.8, 4) is 0 Å². The Bertz CT molecular complexity index is 384. The van der Waals surface area contributed by atoms with Gasteiger partial charge in [0.15, 0.2) is 17.5 Å². The number of alkyl halides is 3. The van der Waals surface area contributed by atoms with E-state index < -0.39 is 41.4 Å². The average molecular weight is 230 g/mol. The van der Waals surface area contributed by atoms with Crippen LogP contribution >= 0.6 is 0 Å². The lowest BCUT2D eigenvalue weighted by Gasteiger charge is -2.12. The van der Waals surface area contributed by atoms with Crippen molar-refractivity contribution in [1.82, 2.24) is 0 Å². The predicted octanol–water partition coefficient (Wildman–Crippen LogP) is 2.62. The molecule has 0 aromatic heterocycles. The van der Waals surface area contributed by atoms with Crippen molar-refractivity contribution in [2.45, 2.75) is 12.8 Å². The van der Waals surface area contributed by atoms with Crippen molar-refractivity contribution in [3.05, 3.63) is 34.6 Å². The summed E-state index contributed by atoms with van der Waals surface area (Å²) >= 11 is 0. The molecule has 1 aromatic carbocycles. The van der Waals surface area contributed by atoms with Gasteiger partial charge in [0.1, 0.15) is 0 Å². The van der Waals surface area contributed by atoms with Gasteiger partial charge in [-0.3, -0.25) is 0 Å². The summed E-state index contributed by atoms with van der Waals surface area (Å²) in [6, 6.07) is -0.191. The molecule has 0 heterocycles. The molecule has 1 N–H and O–H groups in total. The highest BCUT2D eigenvalue weighted by atomic mass is 19.4. The van der Waals surface area contributed by atoms with E-state index >= 15 is 0 Å². The monoisotopic (exact) mass is 230 g/mol. The second-order valence-corrected chi connectivity index (χ2v) is 2.67. The number of aliphatic hydroxyl groups excluding tert-OH is 1. The number of halogens is 6. The average Bonchev–Trinajstić information content (AvgIpc) is 2.12. The first-order valence-corrected chi connectivity index (χ1v) is 3.63. The molecule has 0 saturated heterocycles. The van der Waals surface area contributed by atoms with Crippen molar-refractivity contribution in [2.75, 3.05) is 0 Å². The quantitative estimate of drug-likeness (QED) is 0.580. The topological polar surface area (TPSA) is 20.2 Å². The van der Waals surface area contributed by atoms with Crippen LogP contribution in [0.2, 0.25) is 0 Å². The number of aliphatic hydroxyl groups is 1. The summed E-state index contributed by atoms with van der Waals surface area (Å²) in [4.78, 5) is 0. The standard InChI is InChI=1S/C8H4F6O/c9-5-1-4(8(12,13)14)3(2-15)6(10)7(5)11/h1,15H,2H2. The summed E-state index contributed by atoms with van der Waals surface area (Å²) in [5.74, 6) is -6.01. The highest BCUT2D eigenvalue weighted by molar-refractivity contribution is 5.32. The van der Waals surface area contributed by atoms with E-state index in [1.165, 1.54) is 0 Å². The van der Waals surface area contributed by atoms with Gasteiger partial charge >= 0.3 is 6.18 Å². The minimum atomic E-state index is -5.05. The van der Waals surface area contributed by atoms with Gasteiger partial charge in [-0.1, -0.05) is 0 Å². The summed E-state index contributed by atoms with van der Waals surface area (Å²) in [6.45, 7) is -1.36. The van der Waals surface area contributed by atoms with Crippen LogP contribution in [0.4, 0.5) is 26.3 Å². The molecule has 1 rings (SSSR count). The maximum atomic E-state index is 12.8. The van der Waals surface area contributed by atoms with Gasteiger partial charge in [-0.05, 0) is 6.07 Å². The van der Waals surface area contributed by atoms with Crippen molar-refractivity contribution < 1.29 is 31.4 Å². The zero-order valence-electron chi connectivity index (χ0n) is 7.00. The summed E-state index contributed by atoms with van der Waals surface area (Å²) < 4.78 is 74.3. The molecule has 1 aromatic rings. The first-order valence-electron chi connectivity index (χ1n) is 3.63. The molecule has 7 heteroatoms. The summed E-state index contributed by atoms with van der Waals surface area (Å²) in [7, 11) is 0. The van der Waals surface area contributed by atoms with Crippen LogP contribution in [0.3, 0.4) is 0 Å². The molecule has 0 aliphatic rings. The molecule has 0 saturated carbocycles. The van der Waals surface area contributed by atoms with Crippen molar-refractivity contribution in [3.63, 3.8) is 0 Å². The summed E-state index contributed by atoms with van der Waals surface area (Å²) in [5.41, 5.74) is -3.03. The number of rotatable bonds is 1. The Morgan fingerprint density at radius 2 is 1.60 bits per heavy atom. The van der Waals surface area contributed by atoms with Crippen LogP contribution < -0.4 is 0 Å². The molecular formula is C8H4F6O. The summed E-state index contributed by atoms with van der Waals surface area (Å²) in [6.07, 6.45) is -5.05.